The number of anilines is 1. The zero-order valence-electron chi connectivity index (χ0n) is 7.20. The molecule has 0 spiro atoms. The van der Waals surface area contributed by atoms with Crippen LogP contribution >= 0.6 is 15.9 Å². The fraction of sp³-hybridized carbons (Fsp3) is 0.250. The number of nitrogen functional groups attached to an aromatic ring is 1. The van der Waals surface area contributed by atoms with Crippen molar-refractivity contribution in [1.29, 1.82) is 0 Å². The zero-order chi connectivity index (χ0) is 10.8. The van der Waals surface area contributed by atoms with Gasteiger partial charge in [-0.25, -0.2) is 12.8 Å². The Morgan fingerprint density at radius 2 is 2.07 bits per heavy atom. The molecule has 0 aliphatic rings. The predicted molar refractivity (Wildman–Crippen MR) is 56.6 cm³/mol. The summed E-state index contributed by atoms with van der Waals surface area (Å²) in [5.74, 6) is -0.529. The van der Waals surface area contributed by atoms with Gasteiger partial charge in [0.1, 0.15) is 6.67 Å². The Kier molecular flexibility index (Phi) is 3.49. The van der Waals surface area contributed by atoms with Gasteiger partial charge in [0.2, 0.25) is 0 Å². The summed E-state index contributed by atoms with van der Waals surface area (Å²) in [6, 6.07) is 4.40. The van der Waals surface area contributed by atoms with Crippen molar-refractivity contribution in [2.24, 2.45) is 0 Å². The summed E-state index contributed by atoms with van der Waals surface area (Å²) in [5, 5.41) is 0. The van der Waals surface area contributed by atoms with Gasteiger partial charge in [-0.2, -0.15) is 0 Å². The molecule has 0 saturated carbocycles. The first kappa shape index (κ1) is 11.5. The van der Waals surface area contributed by atoms with Gasteiger partial charge >= 0.3 is 0 Å². The van der Waals surface area contributed by atoms with Crippen LogP contribution in [0.5, 0.6) is 0 Å². The van der Waals surface area contributed by atoms with Crippen LogP contribution in [0.15, 0.2) is 27.6 Å². The van der Waals surface area contributed by atoms with Crippen LogP contribution in [0.1, 0.15) is 0 Å². The maximum atomic E-state index is 12.0. The second-order valence-electron chi connectivity index (χ2n) is 2.69. The summed E-state index contributed by atoms with van der Waals surface area (Å²) >= 11 is 3.15. The number of benzene rings is 1. The quantitative estimate of drug-likeness (QED) is 0.859. The molecule has 0 bridgehead atoms. The molecule has 0 atom stereocenters. The van der Waals surface area contributed by atoms with Gasteiger partial charge in [0.15, 0.2) is 9.84 Å². The Balaban J connectivity index is 3.20. The monoisotopic (exact) mass is 281 g/mol. The molecule has 1 aromatic carbocycles. The first-order valence-corrected chi connectivity index (χ1v) is 6.25. The molecule has 0 fully saturated rings. The summed E-state index contributed by atoms with van der Waals surface area (Å²) in [6.07, 6.45) is 0. The van der Waals surface area contributed by atoms with Gasteiger partial charge in [0, 0.05) is 4.47 Å². The van der Waals surface area contributed by atoms with Crippen molar-refractivity contribution in [3.05, 3.63) is 22.7 Å². The molecule has 1 aromatic rings. The van der Waals surface area contributed by atoms with Crippen LogP contribution in [-0.2, 0) is 9.84 Å². The molecule has 0 unspecified atom stereocenters. The average Bonchev–Trinajstić information content (AvgIpc) is 2.02. The van der Waals surface area contributed by atoms with Crippen LogP contribution in [0.2, 0.25) is 0 Å². The fourth-order valence-electron chi connectivity index (χ4n) is 1.01. The topological polar surface area (TPSA) is 60.2 Å². The minimum absolute atomic E-state index is 0.0154. The lowest BCUT2D eigenvalue weighted by molar-refractivity contribution is 0.517. The number of sulfone groups is 1. The third-order valence-electron chi connectivity index (χ3n) is 1.65. The number of hydrogen-bond donors (Lipinski definition) is 1. The van der Waals surface area contributed by atoms with Crippen molar-refractivity contribution >= 4 is 31.5 Å². The lowest BCUT2D eigenvalue weighted by atomic mass is 10.3. The summed E-state index contributed by atoms with van der Waals surface area (Å²) in [7, 11) is -3.58. The van der Waals surface area contributed by atoms with Crippen molar-refractivity contribution in [1.82, 2.24) is 0 Å². The van der Waals surface area contributed by atoms with E-state index in [2.05, 4.69) is 15.9 Å². The Morgan fingerprint density at radius 3 is 2.57 bits per heavy atom. The number of nitrogens with two attached hydrogens (primary N) is 1. The predicted octanol–water partition coefficient (Wildman–Crippen LogP) is 1.77. The SMILES string of the molecule is Nc1cc(Br)ccc1S(=O)(=O)CCF. The van der Waals surface area contributed by atoms with E-state index in [0.29, 0.717) is 4.47 Å². The van der Waals surface area contributed by atoms with E-state index < -0.39 is 22.3 Å². The molecule has 0 aromatic heterocycles. The first-order valence-electron chi connectivity index (χ1n) is 3.81. The van der Waals surface area contributed by atoms with E-state index in [4.69, 9.17) is 5.73 Å². The molecule has 78 valence electrons. The van der Waals surface area contributed by atoms with E-state index in [0.717, 1.165) is 0 Å². The molecule has 0 amide bonds. The van der Waals surface area contributed by atoms with Gasteiger partial charge in [-0.1, -0.05) is 15.9 Å². The third-order valence-corrected chi connectivity index (χ3v) is 3.88. The highest BCUT2D eigenvalue weighted by Gasteiger charge is 2.17. The smallest absolute Gasteiger partial charge is 0.182 e. The Morgan fingerprint density at radius 1 is 1.43 bits per heavy atom. The van der Waals surface area contributed by atoms with Gasteiger partial charge in [0.25, 0.3) is 0 Å². The molecule has 14 heavy (non-hydrogen) atoms. The van der Waals surface area contributed by atoms with Crippen molar-refractivity contribution < 1.29 is 12.8 Å². The van der Waals surface area contributed by atoms with Crippen LogP contribution in [0, 0.1) is 0 Å². The normalized spacial score (nSPS) is 11.6. The lowest BCUT2D eigenvalue weighted by Crippen LogP contribution is -2.10. The highest BCUT2D eigenvalue weighted by atomic mass is 79.9. The Hall–Kier alpha value is -0.620. The number of rotatable bonds is 3. The van der Waals surface area contributed by atoms with E-state index in [9.17, 15) is 12.8 Å². The lowest BCUT2D eigenvalue weighted by Gasteiger charge is -2.05. The van der Waals surface area contributed by atoms with Crippen LogP contribution in [-0.4, -0.2) is 20.8 Å². The van der Waals surface area contributed by atoms with E-state index >= 15 is 0 Å². The summed E-state index contributed by atoms with van der Waals surface area (Å²) in [4.78, 5) is -0.0154. The summed E-state index contributed by atoms with van der Waals surface area (Å²) in [6.45, 7) is -0.905. The molecule has 6 heteroatoms. The third kappa shape index (κ3) is 2.45. The molecule has 0 aliphatic heterocycles. The van der Waals surface area contributed by atoms with Gasteiger partial charge in [-0.3, -0.25) is 0 Å². The van der Waals surface area contributed by atoms with Crippen LogP contribution < -0.4 is 5.73 Å². The van der Waals surface area contributed by atoms with E-state index in [1.807, 2.05) is 0 Å². The largest absolute Gasteiger partial charge is 0.398 e. The second kappa shape index (κ2) is 4.27. The maximum absolute atomic E-state index is 12.0. The van der Waals surface area contributed by atoms with E-state index in [1.165, 1.54) is 12.1 Å². The van der Waals surface area contributed by atoms with Crippen molar-refractivity contribution in [3.63, 3.8) is 0 Å². The van der Waals surface area contributed by atoms with Gasteiger partial charge in [-0.15, -0.1) is 0 Å². The molecule has 2 N–H and O–H groups in total. The highest BCUT2D eigenvalue weighted by Crippen LogP contribution is 2.23. The van der Waals surface area contributed by atoms with Gasteiger partial charge in [-0.05, 0) is 18.2 Å². The van der Waals surface area contributed by atoms with Crippen molar-refractivity contribution in [3.8, 4) is 0 Å². The summed E-state index contributed by atoms with van der Waals surface area (Å²) in [5.41, 5.74) is 5.64. The fourth-order valence-corrected chi connectivity index (χ4v) is 2.51. The molecule has 1 rings (SSSR count). The number of hydrogen-bond acceptors (Lipinski definition) is 3. The maximum Gasteiger partial charge on any atom is 0.182 e. The molecular weight excluding hydrogens is 273 g/mol. The van der Waals surface area contributed by atoms with Crippen molar-refractivity contribution in [2.45, 2.75) is 4.90 Å². The van der Waals surface area contributed by atoms with Gasteiger partial charge < -0.3 is 5.73 Å². The molecule has 3 nitrogen and oxygen atoms in total. The molecule has 0 radical (unpaired) electrons. The first-order chi connectivity index (χ1) is 6.47. The molecule has 0 heterocycles. The standard InChI is InChI=1S/C8H9BrFNO2S/c9-6-1-2-8(7(11)5-6)14(12,13)4-3-10/h1-2,5H,3-4,11H2. The molecule has 0 aliphatic carbocycles. The van der Waals surface area contributed by atoms with Gasteiger partial charge in [0.05, 0.1) is 16.3 Å². The summed E-state index contributed by atoms with van der Waals surface area (Å²) < 4.78 is 35.5. The average molecular weight is 282 g/mol. The Labute approximate surface area is 90.2 Å². The van der Waals surface area contributed by atoms with E-state index in [-0.39, 0.29) is 10.6 Å². The minimum Gasteiger partial charge on any atom is -0.398 e. The van der Waals surface area contributed by atoms with Crippen LogP contribution in [0.3, 0.4) is 0 Å². The second-order valence-corrected chi connectivity index (χ2v) is 5.68. The molecular formula is C8H9BrFNO2S. The number of halogens is 2. The number of alkyl halides is 1. The van der Waals surface area contributed by atoms with Crippen LogP contribution in [0.4, 0.5) is 10.1 Å². The Bertz CT molecular complexity index is 433. The minimum atomic E-state index is -3.58. The molecule has 0 saturated heterocycles. The van der Waals surface area contributed by atoms with Crippen LogP contribution in [0.25, 0.3) is 0 Å². The van der Waals surface area contributed by atoms with Crippen molar-refractivity contribution in [2.75, 3.05) is 18.2 Å². The highest BCUT2D eigenvalue weighted by molar-refractivity contribution is 9.10. The zero-order valence-corrected chi connectivity index (χ0v) is 9.61. The van der Waals surface area contributed by atoms with E-state index in [1.54, 1.807) is 6.07 Å².